The molecule has 0 aromatic heterocycles. The van der Waals surface area contributed by atoms with Crippen molar-refractivity contribution < 1.29 is 9.53 Å². The largest absolute Gasteiger partial charge is 0.449 e. The van der Waals surface area contributed by atoms with Gasteiger partial charge in [-0.3, -0.25) is 0 Å². The zero-order chi connectivity index (χ0) is 14.2. The Morgan fingerprint density at radius 3 is 2.55 bits per heavy atom. The zero-order valence-electron chi connectivity index (χ0n) is 12.1. The highest BCUT2D eigenvalue weighted by Gasteiger charge is 2.20. The smallest absolute Gasteiger partial charge is 0.407 e. The van der Waals surface area contributed by atoms with E-state index in [0.717, 1.165) is 18.4 Å². The SMILES string of the molecule is CNC1CCC(COC(=O)NCc2ccccc2)CC1. The van der Waals surface area contributed by atoms with Gasteiger partial charge in [-0.15, -0.1) is 0 Å². The lowest BCUT2D eigenvalue weighted by atomic mass is 9.87. The first-order valence-electron chi connectivity index (χ1n) is 7.39. The first kappa shape index (κ1) is 14.9. The molecule has 2 N–H and O–H groups in total. The number of nitrogens with one attached hydrogen (secondary N) is 2. The molecule has 1 fully saturated rings. The maximum Gasteiger partial charge on any atom is 0.407 e. The van der Waals surface area contributed by atoms with Gasteiger partial charge in [0.2, 0.25) is 0 Å². The van der Waals surface area contributed by atoms with E-state index in [1.165, 1.54) is 12.8 Å². The number of ether oxygens (including phenoxy) is 1. The molecule has 0 heterocycles. The van der Waals surface area contributed by atoms with Crippen molar-refractivity contribution in [3.8, 4) is 0 Å². The van der Waals surface area contributed by atoms with Gasteiger partial charge in [-0.1, -0.05) is 30.3 Å². The van der Waals surface area contributed by atoms with Gasteiger partial charge in [0.05, 0.1) is 6.61 Å². The van der Waals surface area contributed by atoms with Crippen LogP contribution >= 0.6 is 0 Å². The standard InChI is InChI=1S/C16H24N2O2/c1-17-15-9-7-14(8-10-15)12-20-16(19)18-11-13-5-3-2-4-6-13/h2-6,14-15,17H,7-12H2,1H3,(H,18,19). The molecule has 4 heteroatoms. The first-order valence-corrected chi connectivity index (χ1v) is 7.39. The third kappa shape index (κ3) is 4.85. The van der Waals surface area contributed by atoms with Gasteiger partial charge >= 0.3 is 6.09 Å². The molecule has 1 aromatic carbocycles. The molecule has 1 aliphatic carbocycles. The molecule has 110 valence electrons. The monoisotopic (exact) mass is 276 g/mol. The first-order chi connectivity index (χ1) is 9.78. The molecule has 20 heavy (non-hydrogen) atoms. The molecule has 0 aliphatic heterocycles. The topological polar surface area (TPSA) is 50.4 Å². The predicted molar refractivity (Wildman–Crippen MR) is 79.4 cm³/mol. The second-order valence-electron chi connectivity index (χ2n) is 5.44. The van der Waals surface area contributed by atoms with Crippen molar-refractivity contribution in [2.45, 2.75) is 38.3 Å². The third-order valence-corrected chi connectivity index (χ3v) is 3.98. The van der Waals surface area contributed by atoms with Gasteiger partial charge in [0.25, 0.3) is 0 Å². The fourth-order valence-corrected chi connectivity index (χ4v) is 2.63. The highest BCUT2D eigenvalue weighted by atomic mass is 16.5. The summed E-state index contributed by atoms with van der Waals surface area (Å²) < 4.78 is 5.30. The average molecular weight is 276 g/mol. The minimum atomic E-state index is -0.315. The van der Waals surface area contributed by atoms with Crippen LogP contribution in [0.5, 0.6) is 0 Å². The Balaban J connectivity index is 1.61. The Hall–Kier alpha value is -1.55. The average Bonchev–Trinajstić information content (AvgIpc) is 2.52. The lowest BCUT2D eigenvalue weighted by molar-refractivity contribution is 0.112. The normalized spacial score (nSPS) is 22.2. The van der Waals surface area contributed by atoms with Gasteiger partial charge in [0, 0.05) is 12.6 Å². The van der Waals surface area contributed by atoms with Gasteiger partial charge < -0.3 is 15.4 Å². The maximum absolute atomic E-state index is 11.6. The molecule has 0 spiro atoms. The number of carbonyl (C=O) groups is 1. The van der Waals surface area contributed by atoms with E-state index in [0.29, 0.717) is 25.1 Å². The molecule has 1 amide bonds. The second kappa shape index (κ2) is 7.90. The molecule has 0 saturated heterocycles. The Morgan fingerprint density at radius 1 is 1.20 bits per heavy atom. The van der Waals surface area contributed by atoms with Crippen LogP contribution in [0.4, 0.5) is 4.79 Å². The van der Waals surface area contributed by atoms with Crippen LogP contribution in [0.3, 0.4) is 0 Å². The number of hydrogen-bond donors (Lipinski definition) is 2. The summed E-state index contributed by atoms with van der Waals surface area (Å²) in [6.07, 6.45) is 4.31. The molecular formula is C16H24N2O2. The van der Waals surface area contributed by atoms with E-state index >= 15 is 0 Å². The van der Waals surface area contributed by atoms with Crippen LogP contribution in [0.1, 0.15) is 31.2 Å². The van der Waals surface area contributed by atoms with Crippen LogP contribution in [-0.4, -0.2) is 25.8 Å². The summed E-state index contributed by atoms with van der Waals surface area (Å²) in [4.78, 5) is 11.6. The lowest BCUT2D eigenvalue weighted by Gasteiger charge is -2.27. The van der Waals surface area contributed by atoms with E-state index in [4.69, 9.17) is 4.74 Å². The van der Waals surface area contributed by atoms with Gasteiger partial charge in [0.15, 0.2) is 0 Å². The molecule has 0 atom stereocenters. The van der Waals surface area contributed by atoms with Crippen LogP contribution in [0.15, 0.2) is 30.3 Å². The third-order valence-electron chi connectivity index (χ3n) is 3.98. The minimum Gasteiger partial charge on any atom is -0.449 e. The summed E-state index contributed by atoms with van der Waals surface area (Å²) in [5.74, 6) is 0.516. The number of hydrogen-bond acceptors (Lipinski definition) is 3. The van der Waals surface area contributed by atoms with Gasteiger partial charge in [-0.2, -0.15) is 0 Å². The second-order valence-corrected chi connectivity index (χ2v) is 5.44. The molecular weight excluding hydrogens is 252 g/mol. The summed E-state index contributed by atoms with van der Waals surface area (Å²) in [5, 5.41) is 6.09. The van der Waals surface area contributed by atoms with E-state index in [-0.39, 0.29) is 6.09 Å². The number of alkyl carbamates (subject to hydrolysis) is 1. The van der Waals surface area contributed by atoms with Crippen LogP contribution < -0.4 is 10.6 Å². The Labute approximate surface area is 120 Å². The number of rotatable bonds is 5. The fourth-order valence-electron chi connectivity index (χ4n) is 2.63. The van der Waals surface area contributed by atoms with Gasteiger partial charge in [-0.25, -0.2) is 4.79 Å². The van der Waals surface area contributed by atoms with E-state index in [1.54, 1.807) is 0 Å². The highest BCUT2D eigenvalue weighted by Crippen LogP contribution is 2.24. The van der Waals surface area contributed by atoms with Crippen molar-refractivity contribution in [1.82, 2.24) is 10.6 Å². The summed E-state index contributed by atoms with van der Waals surface area (Å²) in [5.41, 5.74) is 1.08. The van der Waals surface area contributed by atoms with Gasteiger partial charge in [0.1, 0.15) is 0 Å². The molecule has 1 aliphatic rings. The number of benzene rings is 1. The zero-order valence-corrected chi connectivity index (χ0v) is 12.1. The van der Waals surface area contributed by atoms with Crippen molar-refractivity contribution >= 4 is 6.09 Å². The molecule has 1 aromatic rings. The molecule has 0 unspecified atom stereocenters. The van der Waals surface area contributed by atoms with Crippen LogP contribution in [0, 0.1) is 5.92 Å². The van der Waals surface area contributed by atoms with E-state index in [2.05, 4.69) is 10.6 Å². The van der Waals surface area contributed by atoms with Crippen molar-refractivity contribution in [1.29, 1.82) is 0 Å². The maximum atomic E-state index is 11.6. The van der Waals surface area contributed by atoms with Gasteiger partial charge in [-0.05, 0) is 44.2 Å². The van der Waals surface area contributed by atoms with E-state index in [9.17, 15) is 4.79 Å². The number of amides is 1. The molecule has 2 rings (SSSR count). The molecule has 0 bridgehead atoms. The predicted octanol–water partition coefficient (Wildman–Crippen LogP) is 2.69. The summed E-state index contributed by atoms with van der Waals surface area (Å²) in [6, 6.07) is 10.5. The Bertz CT molecular complexity index is 400. The van der Waals surface area contributed by atoms with Crippen LogP contribution in [0.25, 0.3) is 0 Å². The van der Waals surface area contributed by atoms with Crippen LogP contribution in [0.2, 0.25) is 0 Å². The van der Waals surface area contributed by atoms with Crippen molar-refractivity contribution in [3.63, 3.8) is 0 Å². The van der Waals surface area contributed by atoms with E-state index < -0.39 is 0 Å². The van der Waals surface area contributed by atoms with E-state index in [1.807, 2.05) is 37.4 Å². The van der Waals surface area contributed by atoms with Crippen molar-refractivity contribution in [2.24, 2.45) is 5.92 Å². The van der Waals surface area contributed by atoms with Crippen LogP contribution in [-0.2, 0) is 11.3 Å². The Kier molecular flexibility index (Phi) is 5.87. The molecule has 1 saturated carbocycles. The lowest BCUT2D eigenvalue weighted by Crippen LogP contribution is -2.32. The quantitative estimate of drug-likeness (QED) is 0.869. The van der Waals surface area contributed by atoms with Crippen molar-refractivity contribution in [3.05, 3.63) is 35.9 Å². The summed E-state index contributed by atoms with van der Waals surface area (Å²) in [6.45, 7) is 1.06. The molecule has 4 nitrogen and oxygen atoms in total. The number of carbonyl (C=O) groups excluding carboxylic acids is 1. The highest BCUT2D eigenvalue weighted by molar-refractivity contribution is 5.67. The Morgan fingerprint density at radius 2 is 1.90 bits per heavy atom. The minimum absolute atomic E-state index is 0.315. The summed E-state index contributed by atoms with van der Waals surface area (Å²) >= 11 is 0. The van der Waals surface area contributed by atoms with Crippen molar-refractivity contribution in [2.75, 3.05) is 13.7 Å². The fraction of sp³-hybridized carbons (Fsp3) is 0.562. The molecule has 0 radical (unpaired) electrons. The summed E-state index contributed by atoms with van der Waals surface area (Å²) in [7, 11) is 2.01.